The van der Waals surface area contributed by atoms with E-state index in [0.717, 1.165) is 51.4 Å². The van der Waals surface area contributed by atoms with Crippen LogP contribution in [0.4, 0.5) is 14.4 Å². The highest BCUT2D eigenvalue weighted by atomic mass is 16.6. The van der Waals surface area contributed by atoms with Gasteiger partial charge in [-0.25, -0.2) is 14.4 Å². The molecule has 4 atom stereocenters. The van der Waals surface area contributed by atoms with Gasteiger partial charge >= 0.3 is 18.3 Å². The van der Waals surface area contributed by atoms with Crippen molar-refractivity contribution in [3.63, 3.8) is 0 Å². The largest absolute Gasteiger partial charge is 0.453 e. The van der Waals surface area contributed by atoms with Crippen LogP contribution in [0, 0.1) is 23.7 Å². The van der Waals surface area contributed by atoms with Crippen LogP contribution in [-0.4, -0.2) is 227 Å². The van der Waals surface area contributed by atoms with Crippen LogP contribution in [0.15, 0.2) is 0 Å². The van der Waals surface area contributed by atoms with Gasteiger partial charge in [0.25, 0.3) is 0 Å². The van der Waals surface area contributed by atoms with Crippen molar-refractivity contribution in [1.82, 2.24) is 42.5 Å². The molecule has 0 aromatic rings. The van der Waals surface area contributed by atoms with Crippen LogP contribution in [0.5, 0.6) is 0 Å². The number of ether oxygens (including phenoxy) is 11. The molecule has 0 aromatic carbocycles. The predicted molar refractivity (Wildman–Crippen MR) is 352 cm³/mol. The number of rotatable bonds is 56. The van der Waals surface area contributed by atoms with Crippen LogP contribution in [0.1, 0.15) is 165 Å². The third-order valence-corrected chi connectivity index (χ3v) is 13.1. The highest BCUT2D eigenvalue weighted by molar-refractivity contribution is 5.79. The van der Waals surface area contributed by atoms with E-state index in [0.29, 0.717) is 158 Å². The Morgan fingerprint density at radius 3 is 0.604 bits per heavy atom. The van der Waals surface area contributed by atoms with Crippen molar-refractivity contribution in [3.8, 4) is 0 Å². The van der Waals surface area contributed by atoms with Gasteiger partial charge in [0.15, 0.2) is 0 Å². The van der Waals surface area contributed by atoms with Crippen molar-refractivity contribution >= 4 is 47.8 Å². The van der Waals surface area contributed by atoms with Gasteiger partial charge in [-0.05, 0) is 25.7 Å². The highest BCUT2D eigenvalue weighted by Crippen LogP contribution is 2.12. The first kappa shape index (κ1) is 92.2. The summed E-state index contributed by atoms with van der Waals surface area (Å²) in [5, 5.41) is 21.7. The first-order valence-electron chi connectivity index (χ1n) is 33.3. The zero-order chi connectivity index (χ0) is 68.6. The summed E-state index contributed by atoms with van der Waals surface area (Å²) in [7, 11) is 3.94. The Kier molecular flexibility index (Phi) is 74.9. The van der Waals surface area contributed by atoms with Crippen molar-refractivity contribution in [2.45, 2.75) is 165 Å². The van der Waals surface area contributed by atoms with Crippen LogP contribution >= 0.6 is 0 Å². The smallest absolute Gasteiger partial charge is 0.406 e. The van der Waals surface area contributed by atoms with Crippen LogP contribution in [0.3, 0.4) is 0 Å². The van der Waals surface area contributed by atoms with Gasteiger partial charge in [0.1, 0.15) is 0 Å². The van der Waals surface area contributed by atoms with Gasteiger partial charge in [-0.3, -0.25) is 24.0 Å². The number of hydrogen-bond donors (Lipinski definition) is 8. The van der Waals surface area contributed by atoms with Gasteiger partial charge in [0, 0.05) is 83.0 Å². The fraction of sp³-hybridized carbons (Fsp3) is 0.875. The molecule has 8 amide bonds. The molecule has 27 heteroatoms. The quantitative estimate of drug-likeness (QED) is 0.0234. The summed E-state index contributed by atoms with van der Waals surface area (Å²) in [5.74, 6) is 0.584. The molecule has 538 valence electrons. The summed E-state index contributed by atoms with van der Waals surface area (Å²) in [5.41, 5.74) is 0. The molecule has 0 saturated heterocycles. The molecule has 4 unspecified atom stereocenters. The minimum atomic E-state index is -0.468. The fourth-order valence-electron chi connectivity index (χ4n) is 7.49. The summed E-state index contributed by atoms with van der Waals surface area (Å²) >= 11 is 0. The van der Waals surface area contributed by atoms with Gasteiger partial charge < -0.3 is 94.6 Å². The average Bonchev–Trinajstić information content (AvgIpc) is 3.64. The van der Waals surface area contributed by atoms with Gasteiger partial charge in [-0.1, -0.05) is 132 Å². The summed E-state index contributed by atoms with van der Waals surface area (Å²) < 4.78 is 55.8. The maximum atomic E-state index is 11.8. The minimum absolute atomic E-state index is 0.0560. The molecular weight excluding hydrogens is 1180 g/mol. The molecule has 0 aromatic heterocycles. The van der Waals surface area contributed by atoms with E-state index in [1.807, 2.05) is 27.7 Å². The molecule has 0 heterocycles. The van der Waals surface area contributed by atoms with E-state index < -0.39 is 18.3 Å². The molecule has 8 N–H and O–H groups in total. The average molecular weight is 1310 g/mol. The van der Waals surface area contributed by atoms with Crippen molar-refractivity contribution < 1.29 is 90.5 Å². The normalized spacial score (nSPS) is 11.8. The maximum Gasteiger partial charge on any atom is 0.406 e. The monoisotopic (exact) mass is 1310 g/mol. The second-order valence-corrected chi connectivity index (χ2v) is 21.4. The van der Waals surface area contributed by atoms with Gasteiger partial charge in [-0.15, -0.1) is 0 Å². The number of alkyl carbamates (subject to hydrolysis) is 3. The third-order valence-electron chi connectivity index (χ3n) is 13.1. The fourth-order valence-corrected chi connectivity index (χ4v) is 7.49. The van der Waals surface area contributed by atoms with Crippen LogP contribution in [0.25, 0.3) is 0 Å². The lowest BCUT2D eigenvalue weighted by Crippen LogP contribution is -2.32. The summed E-state index contributed by atoms with van der Waals surface area (Å²) in [4.78, 5) is 90.0. The van der Waals surface area contributed by atoms with E-state index in [-0.39, 0.29) is 53.2 Å². The Hall–Kier alpha value is -5.16. The van der Waals surface area contributed by atoms with E-state index in [4.69, 9.17) is 37.9 Å². The molecule has 0 aliphatic heterocycles. The van der Waals surface area contributed by atoms with Crippen molar-refractivity contribution in [1.29, 1.82) is 0 Å². The number of carbonyl (C=O) groups is 8. The lowest BCUT2D eigenvalue weighted by molar-refractivity contribution is -0.125. The molecule has 0 spiro atoms. The lowest BCUT2D eigenvalue weighted by Gasteiger charge is -2.12. The molecule has 0 radical (unpaired) electrons. The van der Waals surface area contributed by atoms with Crippen LogP contribution < -0.4 is 42.5 Å². The number of methoxy groups -OCH3 is 3. The van der Waals surface area contributed by atoms with Gasteiger partial charge in [0.05, 0.1) is 127 Å². The lowest BCUT2D eigenvalue weighted by atomic mass is 10.0. The Bertz CT molecular complexity index is 1570. The molecule has 27 nitrogen and oxygen atoms in total. The number of nitrogens with one attached hydrogen (secondary N) is 8. The van der Waals surface area contributed by atoms with E-state index in [2.05, 4.69) is 84.4 Å². The first-order valence-corrected chi connectivity index (χ1v) is 33.3. The van der Waals surface area contributed by atoms with Crippen molar-refractivity contribution in [2.24, 2.45) is 23.7 Å². The number of carbonyl (C=O) groups excluding carboxylic acids is 8. The van der Waals surface area contributed by atoms with E-state index >= 15 is 0 Å². The van der Waals surface area contributed by atoms with Gasteiger partial charge in [0.2, 0.25) is 29.5 Å². The van der Waals surface area contributed by atoms with Crippen LogP contribution in [-0.2, 0) is 76.1 Å². The number of hydrogen-bond acceptors (Lipinski definition) is 19. The topological polar surface area (TPSA) is 334 Å². The molecule has 0 bridgehead atoms. The molecule has 91 heavy (non-hydrogen) atoms. The van der Waals surface area contributed by atoms with Crippen molar-refractivity contribution in [3.05, 3.63) is 0 Å². The summed E-state index contributed by atoms with van der Waals surface area (Å²) in [6.45, 7) is 29.0. The SMILES string of the molecule is CCCCCC(C)C(=O)NCCOCCOCCNC(=O)OC.CCCCCC(C)C(=O)NCCOCCOCCNC(=O)OC.CCCCCC(C)C(=O)NCCOCCOCCNC(=O)OC.CCCCCC(C)C(=O)NCCOCCOCCNC(C)=O. The second kappa shape index (κ2) is 73.9. The minimum Gasteiger partial charge on any atom is -0.453 e. The number of unbranched alkanes of at least 4 members (excludes halogenated alkanes) is 8. The number of amides is 8. The van der Waals surface area contributed by atoms with Crippen molar-refractivity contribution in [2.75, 3.05) is 179 Å². The Labute approximate surface area is 547 Å². The third kappa shape index (κ3) is 73.8. The molecule has 0 aliphatic carbocycles. The molecule has 0 aliphatic rings. The zero-order valence-electron chi connectivity index (χ0n) is 58.4. The highest BCUT2D eigenvalue weighted by Gasteiger charge is 2.15. The Balaban J connectivity index is -0.000000555. The van der Waals surface area contributed by atoms with E-state index in [1.54, 1.807) is 0 Å². The molecule has 0 rings (SSSR count). The molecule has 0 saturated carbocycles. The predicted octanol–water partition coefficient (Wildman–Crippen LogP) is 6.61. The first-order chi connectivity index (χ1) is 43.9. The second-order valence-electron chi connectivity index (χ2n) is 21.4. The standard InChI is InChI=1S/3C16H32N2O5.C16H32N2O4/c3*1-4-5-6-7-14(2)15(19)17-8-10-22-12-13-23-11-9-18-16(20)21-3;1-4-5-6-7-14(2)16(20)18-9-11-22-13-12-21-10-8-17-15(3)19/h3*14H,4-13H2,1-3H3,(H,17,19)(H,18,20);14H,4-13H2,1-3H3,(H,17,19)(H,18,20). The summed E-state index contributed by atoms with van der Waals surface area (Å²) in [6.07, 6.45) is 16.2. The summed E-state index contributed by atoms with van der Waals surface area (Å²) in [6, 6.07) is 0. The van der Waals surface area contributed by atoms with E-state index in [1.165, 1.54) is 79.6 Å². The maximum absolute atomic E-state index is 11.8. The Morgan fingerprint density at radius 1 is 0.264 bits per heavy atom. The zero-order valence-corrected chi connectivity index (χ0v) is 58.4. The Morgan fingerprint density at radius 2 is 0.440 bits per heavy atom. The van der Waals surface area contributed by atoms with Gasteiger partial charge in [-0.2, -0.15) is 0 Å². The van der Waals surface area contributed by atoms with E-state index in [9.17, 15) is 38.4 Å². The van der Waals surface area contributed by atoms with Crippen LogP contribution in [0.2, 0.25) is 0 Å². The molecule has 0 fully saturated rings. The molecular formula is C64H128N8O19.